The number of hydrogen-bond acceptors (Lipinski definition) is 0. The van der Waals surface area contributed by atoms with E-state index < -0.39 is 20.8 Å². The van der Waals surface area contributed by atoms with E-state index in [2.05, 4.69) is 93.5 Å². The fraction of sp³-hybridized carbons (Fsp3) is 0.438. The molecule has 0 aromatic carbocycles. The molecule has 4 aliphatic rings. The average Bonchev–Trinajstić information content (AvgIpc) is 3.55. The molecule has 0 fully saturated rings. The summed E-state index contributed by atoms with van der Waals surface area (Å²) in [5.41, 5.74) is 12.5. The number of halogens is 4. The van der Waals surface area contributed by atoms with Crippen LogP contribution in [0.3, 0.4) is 0 Å². The van der Waals surface area contributed by atoms with Gasteiger partial charge in [-0.2, -0.15) is 12.2 Å². The van der Waals surface area contributed by atoms with Crippen molar-refractivity contribution in [2.45, 2.75) is 82.1 Å². The molecule has 4 rings (SSSR count). The van der Waals surface area contributed by atoms with E-state index >= 15 is 0 Å². The minimum Gasteiger partial charge on any atom is 2.00 e. The Kier molecular flexibility index (Phi) is 28.7. The molecule has 38 heavy (non-hydrogen) atoms. The van der Waals surface area contributed by atoms with Crippen molar-refractivity contribution in [1.82, 2.24) is 0 Å². The van der Waals surface area contributed by atoms with Crippen LogP contribution in [0.4, 0.5) is 0 Å². The van der Waals surface area contributed by atoms with E-state index in [9.17, 15) is 0 Å². The Balaban J connectivity index is -0.000000168. The zero-order chi connectivity index (χ0) is 25.4. The molecule has 0 unspecified atom stereocenters. The first-order valence-corrected chi connectivity index (χ1v) is 17.9. The van der Waals surface area contributed by atoms with Crippen molar-refractivity contribution >= 4 is 17.0 Å². The Morgan fingerprint density at radius 1 is 0.632 bits per heavy atom. The molecule has 0 saturated carbocycles. The molecule has 4 aliphatic carbocycles. The van der Waals surface area contributed by atoms with Crippen LogP contribution in [-0.2, 0) is 47.1 Å². The summed E-state index contributed by atoms with van der Waals surface area (Å²) >= 11 is -0.826. The second-order valence-corrected chi connectivity index (χ2v) is 13.6. The van der Waals surface area contributed by atoms with Gasteiger partial charge in [-0.3, -0.25) is 12.2 Å². The van der Waals surface area contributed by atoms with Crippen LogP contribution in [0, 0.1) is 37.8 Å². The summed E-state index contributed by atoms with van der Waals surface area (Å²) in [6.45, 7) is 23.3. The second kappa shape index (κ2) is 22.4. The van der Waals surface area contributed by atoms with E-state index in [1.54, 1.807) is 11.1 Å². The van der Waals surface area contributed by atoms with E-state index in [0.29, 0.717) is 0 Å². The van der Waals surface area contributed by atoms with Gasteiger partial charge in [-0.05, 0) is 75.0 Å². The Bertz CT molecular complexity index is 871. The summed E-state index contributed by atoms with van der Waals surface area (Å²) in [5, 5.41) is 0. The first-order chi connectivity index (χ1) is 15.4. The van der Waals surface area contributed by atoms with E-state index in [4.69, 9.17) is 17.0 Å². The van der Waals surface area contributed by atoms with Gasteiger partial charge in [0.2, 0.25) is 0 Å². The van der Waals surface area contributed by atoms with Gasteiger partial charge in [0.05, 0.1) is 0 Å². The molecule has 0 N–H and O–H groups in total. The third kappa shape index (κ3) is 12.0. The van der Waals surface area contributed by atoms with Crippen LogP contribution < -0.4 is 24.8 Å². The molecule has 0 heterocycles. The van der Waals surface area contributed by atoms with Crippen LogP contribution in [0.1, 0.15) is 82.1 Å². The molecule has 0 saturated heterocycles. The van der Waals surface area contributed by atoms with E-state index in [1.165, 1.54) is 33.4 Å². The van der Waals surface area contributed by atoms with Crippen LogP contribution in [0.5, 0.6) is 0 Å². The second-order valence-electron chi connectivity index (χ2n) is 9.83. The van der Waals surface area contributed by atoms with Crippen LogP contribution in [0.25, 0.3) is 0 Å². The van der Waals surface area contributed by atoms with Gasteiger partial charge in [0.15, 0.2) is 0 Å². The summed E-state index contributed by atoms with van der Waals surface area (Å²) < 4.78 is 0. The molecule has 0 radical (unpaired) electrons. The molecular weight excluding hydrogens is 709 g/mol. The van der Waals surface area contributed by atoms with E-state index in [1.807, 2.05) is 24.3 Å². The predicted octanol–water partition coefficient (Wildman–Crippen LogP) is 5.27. The zero-order valence-electron chi connectivity index (χ0n) is 25.4. The normalized spacial score (nSPS) is 18.4. The van der Waals surface area contributed by atoms with Crippen LogP contribution in [-0.4, -0.2) is 0 Å². The van der Waals surface area contributed by atoms with Gasteiger partial charge in [0.1, 0.15) is 0 Å². The molecule has 0 amide bonds. The minimum atomic E-state index is -0.826. The maximum atomic E-state index is 4.93. The largest absolute Gasteiger partial charge is 2.00 e. The SMILES string of the molecule is CC1=C(C)C(C)(C)C(C2=C(C)C(C)=C(C)C2(C)C)=C1C.[C-]1=CC=CC1.[C-]1=CC=CC1.[CH3-].[CH3-].[Cl-].[Cl-].[Cl][Zr][Cl].[Zr+2]. The molecular formula is C32H46Cl4Zr2-4. The van der Waals surface area contributed by atoms with Crippen LogP contribution >= 0.6 is 17.0 Å². The van der Waals surface area contributed by atoms with Crippen LogP contribution in [0.2, 0.25) is 0 Å². The fourth-order valence-electron chi connectivity index (χ4n) is 4.87. The maximum absolute atomic E-state index is 4.93. The molecule has 0 bridgehead atoms. The number of allylic oxidation sites excluding steroid dienone is 16. The number of rotatable bonds is 1. The van der Waals surface area contributed by atoms with E-state index in [-0.39, 0.29) is 76.7 Å². The quantitative estimate of drug-likeness (QED) is 0.321. The third-order valence-corrected chi connectivity index (χ3v) is 7.55. The van der Waals surface area contributed by atoms with Gasteiger partial charge in [0, 0.05) is 10.8 Å². The van der Waals surface area contributed by atoms with Crippen molar-refractivity contribution in [3.63, 3.8) is 0 Å². The standard InChI is InChI=1S/C20H30.2C5H5.2CH3.4ClH.2Zr/c1-11-13(3)17(19(7,8)15(11)5)18-14(4)12(2)16(6)20(18,9)10;2*1-2-4-5-3-1;;;;;;;;/h1-10H3;2*1-3H,4H2;2*1H3;4*1H;;/q;4*-1;;;;;2*+2/p-4. The summed E-state index contributed by atoms with van der Waals surface area (Å²) in [4.78, 5) is 0. The Labute approximate surface area is 287 Å². The predicted molar refractivity (Wildman–Crippen MR) is 157 cm³/mol. The number of hydrogen-bond donors (Lipinski definition) is 0. The van der Waals surface area contributed by atoms with Crippen molar-refractivity contribution in [3.05, 3.63) is 108 Å². The first-order valence-electron chi connectivity index (χ1n) is 11.6. The van der Waals surface area contributed by atoms with Gasteiger partial charge < -0.3 is 39.7 Å². The van der Waals surface area contributed by atoms with Crippen molar-refractivity contribution in [2.75, 3.05) is 0 Å². The molecule has 0 nitrogen and oxygen atoms in total. The van der Waals surface area contributed by atoms with Gasteiger partial charge >= 0.3 is 64.1 Å². The average molecular weight is 755 g/mol. The van der Waals surface area contributed by atoms with Gasteiger partial charge in [-0.15, -0.1) is 12.8 Å². The third-order valence-electron chi connectivity index (χ3n) is 7.55. The Morgan fingerprint density at radius 2 is 0.895 bits per heavy atom. The zero-order valence-corrected chi connectivity index (χ0v) is 33.3. The summed E-state index contributed by atoms with van der Waals surface area (Å²) in [6, 6.07) is 0. The summed E-state index contributed by atoms with van der Waals surface area (Å²) in [6.07, 6.45) is 20.0. The molecule has 0 aromatic heterocycles. The van der Waals surface area contributed by atoms with Gasteiger partial charge in [0.25, 0.3) is 0 Å². The van der Waals surface area contributed by atoms with Gasteiger partial charge in [-0.1, -0.05) is 38.8 Å². The van der Waals surface area contributed by atoms with Crippen molar-refractivity contribution in [3.8, 4) is 0 Å². The molecule has 6 heteroatoms. The van der Waals surface area contributed by atoms with Gasteiger partial charge in [-0.25, -0.2) is 24.3 Å². The molecule has 0 atom stereocenters. The van der Waals surface area contributed by atoms with E-state index in [0.717, 1.165) is 12.8 Å². The van der Waals surface area contributed by atoms with Crippen molar-refractivity contribution in [1.29, 1.82) is 0 Å². The topological polar surface area (TPSA) is 0 Å². The Hall–Kier alpha value is 0.846. The van der Waals surface area contributed by atoms with Crippen molar-refractivity contribution in [2.24, 2.45) is 10.8 Å². The van der Waals surface area contributed by atoms with Crippen LogP contribution in [0.15, 0.2) is 81.0 Å². The molecule has 0 spiro atoms. The summed E-state index contributed by atoms with van der Waals surface area (Å²) in [5.74, 6) is 0. The van der Waals surface area contributed by atoms with Crippen molar-refractivity contribution < 1.29 is 71.9 Å². The molecule has 0 aromatic rings. The minimum absolute atomic E-state index is 0. The first kappa shape index (κ1) is 48.6. The molecule has 214 valence electrons. The maximum Gasteiger partial charge on any atom is 2.00 e. The smallest absolute Gasteiger partial charge is 2.00 e. The molecule has 0 aliphatic heterocycles. The monoisotopic (exact) mass is 750 g/mol. The fourth-order valence-corrected chi connectivity index (χ4v) is 4.87. The Morgan fingerprint density at radius 3 is 1.00 bits per heavy atom. The summed E-state index contributed by atoms with van der Waals surface area (Å²) in [7, 11) is 9.87.